The molecule has 0 radical (unpaired) electrons. The first-order valence-electron chi connectivity index (χ1n) is 5.42. The molecule has 0 aromatic rings. The maximum Gasteiger partial charge on any atom is 0.410 e. The summed E-state index contributed by atoms with van der Waals surface area (Å²) in [4.78, 5) is 24.7. The average Bonchev–Trinajstić information content (AvgIpc) is 2.62. The molecule has 1 unspecified atom stereocenters. The maximum atomic E-state index is 11.8. The van der Waals surface area contributed by atoms with Gasteiger partial charge in [0.1, 0.15) is 11.6 Å². The average molecular weight is 279 g/mol. The van der Waals surface area contributed by atoms with Gasteiger partial charge in [0.05, 0.1) is 0 Å². The van der Waals surface area contributed by atoms with E-state index in [4.69, 9.17) is 4.74 Å². The van der Waals surface area contributed by atoms with Gasteiger partial charge in [0.25, 0.3) is 0 Å². The number of nitrogens with one attached hydrogen (secondary N) is 1. The van der Waals surface area contributed by atoms with E-state index in [2.05, 4.69) is 12.4 Å². The first kappa shape index (κ1) is 16.3. The fourth-order valence-electron chi connectivity index (χ4n) is 1.70. The quantitative estimate of drug-likeness (QED) is 0.736. The first-order valence-corrected chi connectivity index (χ1v) is 5.42. The Morgan fingerprint density at radius 1 is 1.41 bits per heavy atom. The number of nitrogens with zero attached hydrogens (tertiary/aromatic N) is 1. The van der Waals surface area contributed by atoms with Crippen LogP contribution in [0.15, 0.2) is 0 Å². The van der Waals surface area contributed by atoms with Crippen molar-refractivity contribution in [1.29, 1.82) is 0 Å². The van der Waals surface area contributed by atoms with Crippen molar-refractivity contribution in [3.05, 3.63) is 7.05 Å². The van der Waals surface area contributed by atoms with Crippen molar-refractivity contribution in [3.8, 4) is 0 Å². The number of ether oxygens (including phenoxy) is 1. The van der Waals surface area contributed by atoms with Crippen LogP contribution in [-0.2, 0) is 26.9 Å². The summed E-state index contributed by atoms with van der Waals surface area (Å²) in [6.45, 7) is 5.97. The largest absolute Gasteiger partial charge is 0.507 e. The zero-order chi connectivity index (χ0) is 12.3. The molecular formula is C11H19CrN2O3-. The summed E-state index contributed by atoms with van der Waals surface area (Å²) >= 11 is 0. The minimum Gasteiger partial charge on any atom is -0.507 e. The number of carbonyl (C=O) groups is 2. The third-order valence-electron chi connectivity index (χ3n) is 2.36. The Labute approximate surface area is 113 Å². The van der Waals surface area contributed by atoms with E-state index in [1.165, 1.54) is 4.90 Å². The van der Waals surface area contributed by atoms with Crippen molar-refractivity contribution >= 4 is 12.0 Å². The summed E-state index contributed by atoms with van der Waals surface area (Å²) in [5.74, 6) is -0.233. The van der Waals surface area contributed by atoms with Gasteiger partial charge in [-0.1, -0.05) is 0 Å². The number of rotatable bonds is 1. The predicted octanol–water partition coefficient (Wildman–Crippen LogP) is 1.29. The topological polar surface area (TPSA) is 58.6 Å². The Morgan fingerprint density at radius 3 is 2.47 bits per heavy atom. The smallest absolute Gasteiger partial charge is 0.410 e. The number of carbonyl (C=O) groups excluding carboxylic acids is 2. The zero-order valence-corrected chi connectivity index (χ0v) is 11.8. The van der Waals surface area contributed by atoms with Gasteiger partial charge in [-0.25, -0.2) is 4.79 Å². The molecule has 0 bridgehead atoms. The third-order valence-corrected chi connectivity index (χ3v) is 2.36. The van der Waals surface area contributed by atoms with Crippen molar-refractivity contribution in [2.75, 3.05) is 6.54 Å². The minimum atomic E-state index is -0.537. The summed E-state index contributed by atoms with van der Waals surface area (Å²) in [6, 6.07) is -0.438. The number of likely N-dealkylation sites (tertiary alicyclic amines) is 1. The van der Waals surface area contributed by atoms with Gasteiger partial charge in [-0.15, -0.1) is 0 Å². The Balaban J connectivity index is 0.00000256. The Morgan fingerprint density at radius 2 is 2.00 bits per heavy atom. The van der Waals surface area contributed by atoms with Gasteiger partial charge in [0.2, 0.25) is 5.91 Å². The van der Waals surface area contributed by atoms with Gasteiger partial charge in [-0.3, -0.25) is 16.7 Å². The zero-order valence-electron chi connectivity index (χ0n) is 10.5. The van der Waals surface area contributed by atoms with E-state index in [-0.39, 0.29) is 23.3 Å². The Bertz CT molecular complexity index is 289. The van der Waals surface area contributed by atoms with Crippen LogP contribution >= 0.6 is 0 Å². The van der Waals surface area contributed by atoms with Crippen molar-refractivity contribution < 1.29 is 31.7 Å². The van der Waals surface area contributed by atoms with E-state index >= 15 is 0 Å². The molecule has 2 amide bonds. The second kappa shape index (κ2) is 6.27. The molecule has 0 aromatic carbocycles. The van der Waals surface area contributed by atoms with Crippen LogP contribution in [0.2, 0.25) is 0 Å². The molecule has 1 N–H and O–H groups in total. The van der Waals surface area contributed by atoms with Gasteiger partial charge in [-0.2, -0.15) is 0 Å². The van der Waals surface area contributed by atoms with E-state index in [1.54, 1.807) is 20.8 Å². The second-order valence-corrected chi connectivity index (χ2v) is 4.87. The molecule has 17 heavy (non-hydrogen) atoms. The van der Waals surface area contributed by atoms with E-state index in [9.17, 15) is 9.59 Å². The summed E-state index contributed by atoms with van der Waals surface area (Å²) in [7, 11) is 3.32. The fraction of sp³-hybridized carbons (Fsp3) is 0.727. The molecule has 5 nitrogen and oxygen atoms in total. The van der Waals surface area contributed by atoms with E-state index in [1.807, 2.05) is 0 Å². The second-order valence-electron chi connectivity index (χ2n) is 4.87. The number of hydrogen-bond acceptors (Lipinski definition) is 3. The molecule has 1 atom stereocenters. The monoisotopic (exact) mass is 279 g/mol. The van der Waals surface area contributed by atoms with Crippen molar-refractivity contribution in [2.45, 2.75) is 45.3 Å². The van der Waals surface area contributed by atoms with Crippen LogP contribution in [-0.4, -0.2) is 35.1 Å². The molecule has 1 aliphatic heterocycles. The molecule has 1 fully saturated rings. The Hall–Kier alpha value is -0.728. The summed E-state index contributed by atoms with van der Waals surface area (Å²) < 4.78 is 5.23. The maximum absolute atomic E-state index is 11.8. The molecule has 6 heteroatoms. The Kier molecular flexibility index (Phi) is 6.00. The SMILES string of the molecule is [CH2-]NC(=O)C1CCCN1C(=O)OC(C)(C)C.[Cr]. The normalized spacial score (nSPS) is 19.5. The molecule has 1 saturated heterocycles. The molecule has 0 spiro atoms. The van der Waals surface area contributed by atoms with E-state index < -0.39 is 17.7 Å². The van der Waals surface area contributed by atoms with Crippen molar-refractivity contribution in [3.63, 3.8) is 0 Å². The molecule has 1 rings (SSSR count). The van der Waals surface area contributed by atoms with Crippen LogP contribution in [0.5, 0.6) is 0 Å². The van der Waals surface area contributed by atoms with Crippen molar-refractivity contribution in [1.82, 2.24) is 10.2 Å². The summed E-state index contributed by atoms with van der Waals surface area (Å²) in [5, 5.41) is 2.32. The fourth-order valence-corrected chi connectivity index (χ4v) is 1.70. The minimum absolute atomic E-state index is 0. The molecular weight excluding hydrogens is 260 g/mol. The van der Waals surface area contributed by atoms with Crippen LogP contribution in [0.1, 0.15) is 33.6 Å². The molecule has 1 aliphatic rings. The summed E-state index contributed by atoms with van der Waals surface area (Å²) in [6.07, 6.45) is 1.05. The molecule has 0 aliphatic carbocycles. The summed E-state index contributed by atoms with van der Waals surface area (Å²) in [5.41, 5.74) is -0.537. The van der Waals surface area contributed by atoms with Gasteiger partial charge >= 0.3 is 6.09 Å². The van der Waals surface area contributed by atoms with Crippen LogP contribution in [0, 0.1) is 7.05 Å². The predicted molar refractivity (Wildman–Crippen MR) is 59.5 cm³/mol. The van der Waals surface area contributed by atoms with Crippen LogP contribution in [0.3, 0.4) is 0 Å². The van der Waals surface area contributed by atoms with Crippen molar-refractivity contribution in [2.24, 2.45) is 0 Å². The van der Waals surface area contributed by atoms with Gasteiger partial charge in [0.15, 0.2) is 0 Å². The number of amides is 2. The standard InChI is InChI=1S/C11H19N2O3.Cr/c1-11(2,3)16-10(15)13-7-5-6-8(13)9(14)12-4;/h8H,4-7H2,1-3H3,(H,12,14);/q-1;. The third kappa shape index (κ3) is 4.57. The van der Waals surface area contributed by atoms with Gasteiger partial charge in [-0.05, 0) is 33.6 Å². The molecule has 0 aromatic heterocycles. The van der Waals surface area contributed by atoms with E-state index in [0.29, 0.717) is 13.0 Å². The van der Waals surface area contributed by atoms with Crippen LogP contribution in [0.4, 0.5) is 4.79 Å². The van der Waals surface area contributed by atoms with E-state index in [0.717, 1.165) is 6.42 Å². The number of hydrogen-bond donors (Lipinski definition) is 1. The van der Waals surface area contributed by atoms with Crippen LogP contribution < -0.4 is 5.32 Å². The first-order chi connectivity index (χ1) is 7.35. The molecule has 1 heterocycles. The molecule has 98 valence electrons. The van der Waals surface area contributed by atoms with Crippen LogP contribution in [0.25, 0.3) is 0 Å². The molecule has 0 saturated carbocycles. The van der Waals surface area contributed by atoms with Gasteiger partial charge in [0, 0.05) is 23.9 Å². The van der Waals surface area contributed by atoms with Gasteiger partial charge < -0.3 is 10.1 Å².